The molecule has 2 aliphatic carbocycles. The quantitative estimate of drug-likeness (QED) is 0.422. The SMILES string of the molecule is COC(=O)/C(C)=N/O[C@@H]1C[C@@H]2CC[C@@]1(Cc1ccc(C(=O)OC)cc1)C2(C)C. The Balaban J connectivity index is 1.84. The maximum atomic E-state index is 11.7. The van der Waals surface area contributed by atoms with E-state index in [0.717, 1.165) is 24.8 Å². The molecule has 152 valence electrons. The van der Waals surface area contributed by atoms with E-state index in [0.29, 0.717) is 11.5 Å². The predicted octanol–water partition coefficient (Wildman–Crippen LogP) is 3.78. The van der Waals surface area contributed by atoms with Gasteiger partial charge in [-0.05, 0) is 61.6 Å². The highest BCUT2D eigenvalue weighted by molar-refractivity contribution is 6.35. The van der Waals surface area contributed by atoms with E-state index < -0.39 is 5.97 Å². The maximum absolute atomic E-state index is 11.7. The van der Waals surface area contributed by atoms with Crippen molar-refractivity contribution in [1.82, 2.24) is 0 Å². The van der Waals surface area contributed by atoms with E-state index in [9.17, 15) is 9.59 Å². The smallest absolute Gasteiger partial charge is 0.355 e. The van der Waals surface area contributed by atoms with Crippen LogP contribution in [0.1, 0.15) is 56.0 Å². The molecule has 0 radical (unpaired) electrons. The van der Waals surface area contributed by atoms with E-state index >= 15 is 0 Å². The zero-order valence-electron chi connectivity index (χ0n) is 17.3. The Hall–Kier alpha value is -2.37. The Morgan fingerprint density at radius 1 is 1.14 bits per heavy atom. The van der Waals surface area contributed by atoms with Gasteiger partial charge in [-0.1, -0.05) is 31.1 Å². The number of esters is 2. The molecule has 2 fully saturated rings. The summed E-state index contributed by atoms with van der Waals surface area (Å²) in [5, 5.41) is 4.08. The summed E-state index contributed by atoms with van der Waals surface area (Å²) in [7, 11) is 2.72. The van der Waals surface area contributed by atoms with Gasteiger partial charge in [0, 0.05) is 5.41 Å². The number of hydrogen-bond donors (Lipinski definition) is 0. The fraction of sp³-hybridized carbons (Fsp3) is 0.591. The average Bonchev–Trinajstić information content (AvgIpc) is 3.06. The molecule has 0 saturated heterocycles. The van der Waals surface area contributed by atoms with Crippen LogP contribution in [0, 0.1) is 16.7 Å². The van der Waals surface area contributed by atoms with E-state index in [-0.39, 0.29) is 28.6 Å². The van der Waals surface area contributed by atoms with Crippen LogP contribution in [0.2, 0.25) is 0 Å². The standard InChI is InChI=1S/C22H29NO5/c1-14(19(24)26-4)23-28-18-12-17-10-11-22(18,21(17,2)3)13-15-6-8-16(9-7-15)20(25)27-5/h6-9,17-18H,10-13H2,1-5H3/b23-14+/t17-,18+,22-/m0/s1. The monoisotopic (exact) mass is 387 g/mol. The second-order valence-corrected chi connectivity index (χ2v) is 8.48. The molecular formula is C22H29NO5. The topological polar surface area (TPSA) is 74.2 Å². The van der Waals surface area contributed by atoms with Gasteiger partial charge in [0.2, 0.25) is 0 Å². The Morgan fingerprint density at radius 3 is 2.39 bits per heavy atom. The van der Waals surface area contributed by atoms with E-state index in [2.05, 4.69) is 19.0 Å². The van der Waals surface area contributed by atoms with Crippen molar-refractivity contribution < 1.29 is 23.9 Å². The number of benzene rings is 1. The molecule has 0 heterocycles. The van der Waals surface area contributed by atoms with Crippen molar-refractivity contribution in [1.29, 1.82) is 0 Å². The number of nitrogens with zero attached hydrogens (tertiary/aromatic N) is 1. The molecule has 1 aromatic rings. The molecule has 0 N–H and O–H groups in total. The maximum Gasteiger partial charge on any atom is 0.355 e. The lowest BCUT2D eigenvalue weighted by Crippen LogP contribution is -2.41. The largest absolute Gasteiger partial charge is 0.465 e. The molecule has 6 nitrogen and oxygen atoms in total. The number of rotatable bonds is 6. The molecule has 0 spiro atoms. The molecule has 2 bridgehead atoms. The van der Waals surface area contributed by atoms with Crippen molar-refractivity contribution in [3.8, 4) is 0 Å². The fourth-order valence-electron chi connectivity index (χ4n) is 5.14. The van der Waals surface area contributed by atoms with Gasteiger partial charge in [-0.3, -0.25) is 0 Å². The second-order valence-electron chi connectivity index (χ2n) is 8.48. The Bertz CT molecular complexity index is 783. The second kappa shape index (κ2) is 7.57. The summed E-state index contributed by atoms with van der Waals surface area (Å²) in [6, 6.07) is 7.59. The van der Waals surface area contributed by atoms with Gasteiger partial charge in [0.05, 0.1) is 19.8 Å². The lowest BCUT2D eigenvalue weighted by atomic mass is 9.65. The summed E-state index contributed by atoms with van der Waals surface area (Å²) >= 11 is 0. The van der Waals surface area contributed by atoms with Crippen LogP contribution in [-0.2, 0) is 25.5 Å². The molecule has 0 amide bonds. The number of oxime groups is 1. The van der Waals surface area contributed by atoms with E-state index in [1.807, 2.05) is 24.3 Å². The molecule has 6 heteroatoms. The first kappa shape index (κ1) is 20.4. The van der Waals surface area contributed by atoms with Gasteiger partial charge in [0.15, 0.2) is 5.71 Å². The van der Waals surface area contributed by atoms with Gasteiger partial charge >= 0.3 is 11.9 Å². The van der Waals surface area contributed by atoms with Crippen LogP contribution >= 0.6 is 0 Å². The summed E-state index contributed by atoms with van der Waals surface area (Å²) in [6.07, 6.45) is 3.95. The summed E-state index contributed by atoms with van der Waals surface area (Å²) in [6.45, 7) is 6.23. The predicted molar refractivity (Wildman–Crippen MR) is 105 cm³/mol. The zero-order valence-corrected chi connectivity index (χ0v) is 17.3. The minimum Gasteiger partial charge on any atom is -0.465 e. The van der Waals surface area contributed by atoms with Crippen LogP contribution in [0.4, 0.5) is 0 Å². The van der Waals surface area contributed by atoms with Gasteiger partial charge in [0.25, 0.3) is 0 Å². The molecular weight excluding hydrogens is 358 g/mol. The molecule has 0 aromatic heterocycles. The van der Waals surface area contributed by atoms with Crippen molar-refractivity contribution >= 4 is 17.7 Å². The van der Waals surface area contributed by atoms with E-state index in [1.165, 1.54) is 20.6 Å². The third-order valence-electron chi connectivity index (χ3n) is 7.05. The van der Waals surface area contributed by atoms with E-state index in [1.54, 1.807) is 6.92 Å². The Labute approximate surface area is 166 Å². The number of hydrogen-bond acceptors (Lipinski definition) is 6. The van der Waals surface area contributed by atoms with Crippen LogP contribution in [0.5, 0.6) is 0 Å². The molecule has 2 saturated carbocycles. The van der Waals surface area contributed by atoms with Gasteiger partial charge in [0.1, 0.15) is 6.10 Å². The lowest BCUT2D eigenvalue weighted by Gasteiger charge is -2.41. The minimum atomic E-state index is -0.477. The summed E-state index contributed by atoms with van der Waals surface area (Å²) in [4.78, 5) is 29.2. The molecule has 2 aliphatic rings. The van der Waals surface area contributed by atoms with Crippen molar-refractivity contribution in [3.05, 3.63) is 35.4 Å². The minimum absolute atomic E-state index is 0.0545. The van der Waals surface area contributed by atoms with Gasteiger partial charge in [-0.25, -0.2) is 9.59 Å². The van der Waals surface area contributed by atoms with Crippen LogP contribution < -0.4 is 0 Å². The number of carbonyl (C=O) groups is 2. The number of carbonyl (C=O) groups excluding carboxylic acids is 2. The summed E-state index contributed by atoms with van der Waals surface area (Å²) in [5.41, 5.74) is 1.97. The van der Waals surface area contributed by atoms with Gasteiger partial charge in [-0.2, -0.15) is 0 Å². The Morgan fingerprint density at radius 2 is 1.82 bits per heavy atom. The highest BCUT2D eigenvalue weighted by Crippen LogP contribution is 2.67. The lowest BCUT2D eigenvalue weighted by molar-refractivity contribution is -0.133. The highest BCUT2D eigenvalue weighted by atomic mass is 16.6. The number of fused-ring (bicyclic) bond motifs is 2. The first-order valence-corrected chi connectivity index (χ1v) is 9.71. The number of methoxy groups -OCH3 is 2. The van der Waals surface area contributed by atoms with E-state index in [4.69, 9.17) is 14.3 Å². The molecule has 3 atom stereocenters. The van der Waals surface area contributed by atoms with Crippen LogP contribution in [0.25, 0.3) is 0 Å². The van der Waals surface area contributed by atoms with Crippen LogP contribution in [-0.4, -0.2) is 38.0 Å². The first-order chi connectivity index (χ1) is 13.2. The van der Waals surface area contributed by atoms with Crippen molar-refractivity contribution in [2.24, 2.45) is 21.9 Å². The van der Waals surface area contributed by atoms with Gasteiger partial charge < -0.3 is 14.3 Å². The molecule has 3 rings (SSSR count). The van der Waals surface area contributed by atoms with Crippen molar-refractivity contribution in [3.63, 3.8) is 0 Å². The third kappa shape index (κ3) is 3.29. The van der Waals surface area contributed by atoms with Gasteiger partial charge in [-0.15, -0.1) is 0 Å². The zero-order chi connectivity index (χ0) is 20.5. The summed E-state index contributed by atoms with van der Waals surface area (Å²) in [5.74, 6) is -0.240. The van der Waals surface area contributed by atoms with Crippen molar-refractivity contribution in [2.45, 2.75) is 52.6 Å². The highest BCUT2D eigenvalue weighted by Gasteiger charge is 2.65. The summed E-state index contributed by atoms with van der Waals surface area (Å²) < 4.78 is 9.48. The normalized spacial score (nSPS) is 28.1. The molecule has 0 unspecified atom stereocenters. The van der Waals surface area contributed by atoms with Crippen molar-refractivity contribution in [2.75, 3.05) is 14.2 Å². The van der Waals surface area contributed by atoms with Crippen LogP contribution in [0.3, 0.4) is 0 Å². The average molecular weight is 387 g/mol. The molecule has 1 aromatic carbocycles. The Kier molecular flexibility index (Phi) is 5.50. The third-order valence-corrected chi connectivity index (χ3v) is 7.05. The first-order valence-electron chi connectivity index (χ1n) is 9.71. The fourth-order valence-corrected chi connectivity index (χ4v) is 5.14. The number of ether oxygens (including phenoxy) is 2. The van der Waals surface area contributed by atoms with Crippen LogP contribution in [0.15, 0.2) is 29.4 Å². The molecule has 28 heavy (non-hydrogen) atoms. The molecule has 0 aliphatic heterocycles.